The molecule has 1 heterocycles. The van der Waals surface area contributed by atoms with Crippen molar-refractivity contribution in [3.8, 4) is 0 Å². The minimum absolute atomic E-state index is 0.0100. The fraction of sp³-hybridized carbons (Fsp3) is 0.333. The van der Waals surface area contributed by atoms with Crippen molar-refractivity contribution in [1.82, 2.24) is 5.43 Å². The number of carbonyl (C=O) groups is 1. The summed E-state index contributed by atoms with van der Waals surface area (Å²) < 4.78 is 44.0. The Labute approximate surface area is 112 Å². The van der Waals surface area contributed by atoms with Crippen molar-refractivity contribution in [3.63, 3.8) is 0 Å². The summed E-state index contributed by atoms with van der Waals surface area (Å²) in [6, 6.07) is 3.70. The molecule has 0 aromatic heterocycles. The van der Waals surface area contributed by atoms with Gasteiger partial charge in [0, 0.05) is 17.8 Å². The van der Waals surface area contributed by atoms with Gasteiger partial charge in [0.1, 0.15) is 0 Å². The monoisotopic (exact) mass is 287 g/mol. The Hall–Kier alpha value is -2.25. The maximum Gasteiger partial charge on any atom is 0.418 e. The number of alkyl halides is 3. The van der Waals surface area contributed by atoms with Crippen LogP contribution < -0.4 is 10.7 Å². The van der Waals surface area contributed by atoms with E-state index in [0.717, 1.165) is 6.07 Å². The fourth-order valence-corrected chi connectivity index (χ4v) is 1.72. The summed E-state index contributed by atoms with van der Waals surface area (Å²) >= 11 is 0. The second-order valence-corrected chi connectivity index (χ2v) is 4.03. The molecule has 0 saturated carbocycles. The average Bonchev–Trinajstić information content (AvgIpc) is 2.39. The van der Waals surface area contributed by atoms with Crippen molar-refractivity contribution < 1.29 is 22.7 Å². The zero-order chi connectivity index (χ0) is 14.8. The molecule has 2 N–H and O–H groups in total. The van der Waals surface area contributed by atoms with E-state index in [1.54, 1.807) is 6.92 Å². The summed E-state index contributed by atoms with van der Waals surface area (Å²) in [6.45, 7) is 1.81. The van der Waals surface area contributed by atoms with E-state index >= 15 is 0 Å². The van der Waals surface area contributed by atoms with E-state index in [1.807, 2.05) is 0 Å². The van der Waals surface area contributed by atoms with Crippen molar-refractivity contribution in [2.45, 2.75) is 13.1 Å². The Morgan fingerprint density at radius 3 is 2.75 bits per heavy atom. The molecule has 0 radical (unpaired) electrons. The number of ether oxygens (including phenoxy) is 1. The third-order valence-corrected chi connectivity index (χ3v) is 2.56. The summed E-state index contributed by atoms with van der Waals surface area (Å²) in [4.78, 5) is 10.9. The first-order valence-electron chi connectivity index (χ1n) is 5.86. The van der Waals surface area contributed by atoms with E-state index < -0.39 is 17.6 Å². The third-order valence-electron chi connectivity index (χ3n) is 2.56. The number of hydrogen-bond donors (Lipinski definition) is 2. The molecular weight excluding hydrogens is 275 g/mol. The Morgan fingerprint density at radius 2 is 2.20 bits per heavy atom. The summed E-state index contributed by atoms with van der Waals surface area (Å²) in [7, 11) is 0. The van der Waals surface area contributed by atoms with E-state index in [1.165, 1.54) is 12.1 Å². The minimum Gasteiger partial charge on any atom is -0.466 e. The number of nitrogens with one attached hydrogen (secondary N) is 2. The second kappa shape index (κ2) is 5.40. The molecule has 0 unspecified atom stereocenters. The third kappa shape index (κ3) is 3.01. The highest BCUT2D eigenvalue weighted by Gasteiger charge is 2.34. The maximum absolute atomic E-state index is 13.0. The van der Waals surface area contributed by atoms with E-state index in [-0.39, 0.29) is 23.8 Å². The van der Waals surface area contributed by atoms with Crippen molar-refractivity contribution in [1.29, 1.82) is 0 Å². The summed E-state index contributed by atoms with van der Waals surface area (Å²) in [5.74, 6) is -0.493. The number of anilines is 1. The van der Waals surface area contributed by atoms with Crippen LogP contribution in [-0.4, -0.2) is 25.0 Å². The van der Waals surface area contributed by atoms with Gasteiger partial charge in [-0.3, -0.25) is 4.79 Å². The van der Waals surface area contributed by atoms with Crippen LogP contribution in [0.1, 0.15) is 18.1 Å². The van der Waals surface area contributed by atoms with Crippen LogP contribution in [0.25, 0.3) is 0 Å². The van der Waals surface area contributed by atoms with Crippen LogP contribution in [0.2, 0.25) is 0 Å². The van der Waals surface area contributed by atoms with Gasteiger partial charge in [0.05, 0.1) is 5.56 Å². The molecule has 0 bridgehead atoms. The molecule has 2 rings (SSSR count). The summed E-state index contributed by atoms with van der Waals surface area (Å²) in [6.07, 6.45) is -4.49. The minimum atomic E-state index is -4.49. The smallest absolute Gasteiger partial charge is 0.418 e. The van der Waals surface area contributed by atoms with Crippen LogP contribution in [0.4, 0.5) is 18.9 Å². The van der Waals surface area contributed by atoms with Crippen molar-refractivity contribution in [3.05, 3.63) is 29.3 Å². The lowest BCUT2D eigenvalue weighted by Crippen LogP contribution is -2.32. The Kier molecular flexibility index (Phi) is 3.82. The molecule has 108 valence electrons. The van der Waals surface area contributed by atoms with Gasteiger partial charge in [0.15, 0.2) is 6.61 Å². The summed E-state index contributed by atoms with van der Waals surface area (Å²) in [5, 5.41) is 6.24. The van der Waals surface area contributed by atoms with Crippen molar-refractivity contribution in [2.24, 2.45) is 5.10 Å². The number of hydrogen-bond acceptors (Lipinski definition) is 4. The molecule has 1 aliphatic rings. The Balaban J connectivity index is 2.39. The van der Waals surface area contributed by atoms with Gasteiger partial charge < -0.3 is 10.1 Å². The number of halogens is 3. The number of rotatable bonds is 3. The van der Waals surface area contributed by atoms with Gasteiger partial charge in [-0.15, -0.1) is 5.10 Å². The van der Waals surface area contributed by atoms with Gasteiger partial charge in [0.2, 0.25) is 5.90 Å². The first-order chi connectivity index (χ1) is 9.41. The van der Waals surface area contributed by atoms with Gasteiger partial charge in [-0.2, -0.15) is 13.2 Å². The van der Waals surface area contributed by atoms with E-state index in [2.05, 4.69) is 15.8 Å². The van der Waals surface area contributed by atoms with E-state index in [9.17, 15) is 18.0 Å². The topological polar surface area (TPSA) is 62.7 Å². The van der Waals surface area contributed by atoms with E-state index in [4.69, 9.17) is 4.74 Å². The zero-order valence-corrected chi connectivity index (χ0v) is 10.5. The first kappa shape index (κ1) is 14.2. The molecule has 1 amide bonds. The molecule has 0 spiro atoms. The van der Waals surface area contributed by atoms with Gasteiger partial charge >= 0.3 is 6.18 Å². The van der Waals surface area contributed by atoms with Gasteiger partial charge in [-0.1, -0.05) is 0 Å². The highest BCUT2D eigenvalue weighted by Crippen LogP contribution is 2.35. The Morgan fingerprint density at radius 1 is 1.45 bits per heavy atom. The number of hydrazone groups is 1. The molecule has 0 aliphatic carbocycles. The molecule has 0 atom stereocenters. The van der Waals surface area contributed by atoms with Crippen LogP contribution >= 0.6 is 0 Å². The standard InChI is InChI=1S/C12H12F3N3O2/c1-2-16-9-4-3-7(5-8(9)12(13,14)15)11-18-17-10(19)6-20-11/h3-5,16H,2,6H2,1H3,(H,17,19). The number of benzene rings is 1. The van der Waals surface area contributed by atoms with Gasteiger partial charge in [-0.25, -0.2) is 5.43 Å². The summed E-state index contributed by atoms with van der Waals surface area (Å²) in [5.41, 5.74) is 1.49. The molecule has 20 heavy (non-hydrogen) atoms. The van der Waals surface area contributed by atoms with Crippen LogP contribution in [0.15, 0.2) is 23.3 Å². The molecule has 8 heteroatoms. The SMILES string of the molecule is CCNc1ccc(C2=NNC(=O)CO2)cc1C(F)(F)F. The highest BCUT2D eigenvalue weighted by molar-refractivity contribution is 5.98. The zero-order valence-electron chi connectivity index (χ0n) is 10.5. The van der Waals surface area contributed by atoms with Crippen molar-refractivity contribution >= 4 is 17.5 Å². The number of nitrogens with zero attached hydrogens (tertiary/aromatic N) is 1. The molecule has 1 aromatic carbocycles. The number of amides is 1. The highest BCUT2D eigenvalue weighted by atomic mass is 19.4. The lowest BCUT2D eigenvalue weighted by atomic mass is 10.1. The first-order valence-corrected chi connectivity index (χ1v) is 5.86. The molecule has 5 nitrogen and oxygen atoms in total. The van der Waals surface area contributed by atoms with Crippen LogP contribution in [0.5, 0.6) is 0 Å². The Bertz CT molecular complexity index is 555. The molecule has 1 aromatic rings. The predicted molar refractivity (Wildman–Crippen MR) is 66.2 cm³/mol. The molecule has 1 aliphatic heterocycles. The molecule has 0 saturated heterocycles. The molecular formula is C12H12F3N3O2. The molecule has 0 fully saturated rings. The van der Waals surface area contributed by atoms with E-state index in [0.29, 0.717) is 6.54 Å². The lowest BCUT2D eigenvalue weighted by Gasteiger charge is -2.17. The normalized spacial score (nSPS) is 15.2. The van der Waals surface area contributed by atoms with Crippen LogP contribution in [0.3, 0.4) is 0 Å². The van der Waals surface area contributed by atoms with Crippen LogP contribution in [-0.2, 0) is 15.7 Å². The maximum atomic E-state index is 13.0. The van der Waals surface area contributed by atoms with Gasteiger partial charge in [0.25, 0.3) is 5.91 Å². The quantitative estimate of drug-likeness (QED) is 0.893. The number of carbonyl (C=O) groups excluding carboxylic acids is 1. The predicted octanol–water partition coefficient (Wildman–Crippen LogP) is 1.95. The van der Waals surface area contributed by atoms with Crippen molar-refractivity contribution in [2.75, 3.05) is 18.5 Å². The average molecular weight is 287 g/mol. The largest absolute Gasteiger partial charge is 0.466 e. The lowest BCUT2D eigenvalue weighted by molar-refractivity contribution is -0.137. The second-order valence-electron chi connectivity index (χ2n) is 4.03. The van der Waals surface area contributed by atoms with Gasteiger partial charge in [-0.05, 0) is 25.1 Å². The fourth-order valence-electron chi connectivity index (χ4n) is 1.72. The van der Waals surface area contributed by atoms with Crippen LogP contribution in [0, 0.1) is 0 Å².